The third-order valence-electron chi connectivity index (χ3n) is 1.67. The molecule has 1 atom stereocenters. The summed E-state index contributed by atoms with van der Waals surface area (Å²) in [6.45, 7) is 7.56. The molecule has 0 saturated carbocycles. The quantitative estimate of drug-likeness (QED) is 0.657. The van der Waals surface area contributed by atoms with Gasteiger partial charge in [-0.25, -0.2) is 0 Å². The second kappa shape index (κ2) is 5.12. The minimum Gasteiger partial charge on any atom is -0.303 e. The maximum absolute atomic E-state index is 11.1. The molecule has 1 N–H and O–H groups in total. The fourth-order valence-corrected chi connectivity index (χ4v) is 1.13. The van der Waals surface area contributed by atoms with E-state index < -0.39 is 0 Å². The minimum atomic E-state index is -0.190. The Balaban J connectivity index is 4.10. The monoisotopic (exact) mass is 185 g/mol. The molecule has 0 aliphatic heterocycles. The van der Waals surface area contributed by atoms with Crippen molar-refractivity contribution in [2.45, 2.75) is 52.1 Å². The summed E-state index contributed by atoms with van der Waals surface area (Å²) in [6, 6.07) is -0.190. The molecule has 1 unspecified atom stereocenters. The van der Waals surface area contributed by atoms with Crippen LogP contribution in [0, 0.1) is 0 Å². The number of carbonyl (C=O) groups excluding carboxylic acids is 2. The Hall–Kier alpha value is -0.700. The van der Waals surface area contributed by atoms with Crippen molar-refractivity contribution in [2.75, 3.05) is 0 Å². The molecule has 0 saturated heterocycles. The highest BCUT2D eigenvalue weighted by atomic mass is 16.1. The topological polar surface area (TPSA) is 46.2 Å². The summed E-state index contributed by atoms with van der Waals surface area (Å²) in [5.41, 5.74) is -0.0841. The lowest BCUT2D eigenvalue weighted by Crippen LogP contribution is -2.47. The Bertz CT molecular complexity index is 182. The number of hydrogen-bond acceptors (Lipinski definition) is 3. The molecule has 0 radical (unpaired) electrons. The van der Waals surface area contributed by atoms with Crippen LogP contribution >= 0.6 is 0 Å². The summed E-state index contributed by atoms with van der Waals surface area (Å²) < 4.78 is 0. The van der Waals surface area contributed by atoms with Gasteiger partial charge in [-0.3, -0.25) is 4.79 Å². The minimum absolute atomic E-state index is 0.0841. The number of aldehydes is 1. The van der Waals surface area contributed by atoms with E-state index in [-0.39, 0.29) is 17.4 Å². The lowest BCUT2D eigenvalue weighted by Gasteiger charge is -2.26. The molecule has 0 heterocycles. The van der Waals surface area contributed by atoms with Crippen LogP contribution in [-0.4, -0.2) is 23.7 Å². The second-order valence-corrected chi connectivity index (χ2v) is 4.30. The molecule has 0 aromatic rings. The Labute approximate surface area is 79.9 Å². The van der Waals surface area contributed by atoms with E-state index in [4.69, 9.17) is 0 Å². The molecule has 0 aliphatic carbocycles. The zero-order valence-electron chi connectivity index (χ0n) is 8.89. The first kappa shape index (κ1) is 12.3. The first-order valence-electron chi connectivity index (χ1n) is 4.58. The molecule has 0 spiro atoms. The highest BCUT2D eigenvalue weighted by molar-refractivity contribution is 5.81. The lowest BCUT2D eigenvalue weighted by atomic mass is 10.0. The van der Waals surface area contributed by atoms with E-state index in [9.17, 15) is 9.59 Å². The first-order chi connectivity index (χ1) is 5.87. The summed E-state index contributed by atoms with van der Waals surface area (Å²) in [7, 11) is 0. The predicted octanol–water partition coefficient (Wildman–Crippen LogP) is 1.31. The maximum atomic E-state index is 11.1. The van der Waals surface area contributed by atoms with Crippen LogP contribution in [-0.2, 0) is 9.59 Å². The van der Waals surface area contributed by atoms with Gasteiger partial charge in [-0.1, -0.05) is 0 Å². The zero-order valence-corrected chi connectivity index (χ0v) is 8.89. The summed E-state index contributed by atoms with van der Waals surface area (Å²) in [4.78, 5) is 21.3. The van der Waals surface area contributed by atoms with Gasteiger partial charge in [0.15, 0.2) is 0 Å². The van der Waals surface area contributed by atoms with Crippen molar-refractivity contribution in [3.63, 3.8) is 0 Å². The van der Waals surface area contributed by atoms with E-state index in [0.717, 1.165) is 6.29 Å². The van der Waals surface area contributed by atoms with Crippen LogP contribution in [0.3, 0.4) is 0 Å². The van der Waals surface area contributed by atoms with Crippen LogP contribution in [0.4, 0.5) is 0 Å². The Morgan fingerprint density at radius 3 is 2.31 bits per heavy atom. The van der Waals surface area contributed by atoms with Crippen molar-refractivity contribution in [2.24, 2.45) is 0 Å². The van der Waals surface area contributed by atoms with E-state index >= 15 is 0 Å². The van der Waals surface area contributed by atoms with Crippen molar-refractivity contribution in [1.29, 1.82) is 0 Å². The largest absolute Gasteiger partial charge is 0.303 e. The van der Waals surface area contributed by atoms with Gasteiger partial charge in [0.05, 0.1) is 6.04 Å². The van der Waals surface area contributed by atoms with Crippen LogP contribution in [0.1, 0.15) is 40.5 Å². The van der Waals surface area contributed by atoms with E-state index in [1.807, 2.05) is 20.8 Å². The number of ketones is 1. The van der Waals surface area contributed by atoms with Crippen molar-refractivity contribution in [3.8, 4) is 0 Å². The van der Waals surface area contributed by atoms with Gasteiger partial charge >= 0.3 is 0 Å². The van der Waals surface area contributed by atoms with Gasteiger partial charge in [-0.15, -0.1) is 0 Å². The van der Waals surface area contributed by atoms with Crippen LogP contribution in [0.5, 0.6) is 0 Å². The molecular weight excluding hydrogens is 166 g/mol. The van der Waals surface area contributed by atoms with Gasteiger partial charge in [0.1, 0.15) is 12.1 Å². The van der Waals surface area contributed by atoms with Gasteiger partial charge in [-0.05, 0) is 34.1 Å². The van der Waals surface area contributed by atoms with Gasteiger partial charge in [0, 0.05) is 12.0 Å². The third-order valence-corrected chi connectivity index (χ3v) is 1.67. The highest BCUT2D eigenvalue weighted by Crippen LogP contribution is 2.05. The Morgan fingerprint density at radius 1 is 1.46 bits per heavy atom. The molecule has 0 aromatic heterocycles. The van der Waals surface area contributed by atoms with Crippen LogP contribution in [0.2, 0.25) is 0 Å². The van der Waals surface area contributed by atoms with E-state index in [1.54, 1.807) is 6.92 Å². The molecule has 0 aliphatic rings. The lowest BCUT2D eigenvalue weighted by molar-refractivity contribution is -0.119. The van der Waals surface area contributed by atoms with Crippen molar-refractivity contribution in [3.05, 3.63) is 0 Å². The van der Waals surface area contributed by atoms with Crippen LogP contribution in [0.15, 0.2) is 0 Å². The Kier molecular flexibility index (Phi) is 4.85. The summed E-state index contributed by atoms with van der Waals surface area (Å²) in [5.74, 6) is 0.0942. The third kappa shape index (κ3) is 6.46. The number of hydrogen-bond donors (Lipinski definition) is 1. The molecule has 76 valence electrons. The fourth-order valence-electron chi connectivity index (χ4n) is 1.13. The molecule has 0 amide bonds. The predicted molar refractivity (Wildman–Crippen MR) is 52.7 cm³/mol. The molecule has 0 rings (SSSR count). The first-order valence-corrected chi connectivity index (χ1v) is 4.58. The van der Waals surface area contributed by atoms with E-state index in [0.29, 0.717) is 12.8 Å². The standard InChI is InChI=1S/C10H19NO2/c1-8(13)9(6-5-7-12)11-10(2,3)4/h7,9,11H,5-6H2,1-4H3. The number of rotatable bonds is 5. The normalized spacial score (nSPS) is 13.8. The fraction of sp³-hybridized carbons (Fsp3) is 0.800. The van der Waals surface area contributed by atoms with Crippen molar-refractivity contribution < 1.29 is 9.59 Å². The average molecular weight is 185 g/mol. The average Bonchev–Trinajstić information content (AvgIpc) is 1.95. The summed E-state index contributed by atoms with van der Waals surface area (Å²) in [5, 5.41) is 3.18. The molecule has 0 bridgehead atoms. The van der Waals surface area contributed by atoms with Gasteiger partial charge < -0.3 is 10.1 Å². The summed E-state index contributed by atoms with van der Waals surface area (Å²) >= 11 is 0. The maximum Gasteiger partial charge on any atom is 0.146 e. The van der Waals surface area contributed by atoms with Gasteiger partial charge in [0.2, 0.25) is 0 Å². The SMILES string of the molecule is CC(=O)C(CCC=O)NC(C)(C)C. The summed E-state index contributed by atoms with van der Waals surface area (Å²) in [6.07, 6.45) is 1.88. The molecule has 3 nitrogen and oxygen atoms in total. The molecule has 13 heavy (non-hydrogen) atoms. The highest BCUT2D eigenvalue weighted by Gasteiger charge is 2.19. The molecule has 3 heteroatoms. The van der Waals surface area contributed by atoms with E-state index in [1.165, 1.54) is 0 Å². The molecule has 0 aromatic carbocycles. The number of nitrogens with one attached hydrogen (secondary N) is 1. The van der Waals surface area contributed by atoms with Crippen molar-refractivity contribution in [1.82, 2.24) is 5.32 Å². The Morgan fingerprint density at radius 2 is 2.00 bits per heavy atom. The molecule has 0 fully saturated rings. The molecular formula is C10H19NO2. The zero-order chi connectivity index (χ0) is 10.5. The van der Waals surface area contributed by atoms with Crippen LogP contribution in [0.25, 0.3) is 0 Å². The van der Waals surface area contributed by atoms with Crippen molar-refractivity contribution >= 4 is 12.1 Å². The number of carbonyl (C=O) groups is 2. The second-order valence-electron chi connectivity index (χ2n) is 4.30. The smallest absolute Gasteiger partial charge is 0.146 e. The van der Waals surface area contributed by atoms with Gasteiger partial charge in [0.25, 0.3) is 0 Å². The number of Topliss-reactive ketones (excluding diaryl/α,β-unsaturated/α-hetero) is 1. The van der Waals surface area contributed by atoms with E-state index in [2.05, 4.69) is 5.32 Å². The van der Waals surface area contributed by atoms with Crippen LogP contribution < -0.4 is 5.32 Å². The van der Waals surface area contributed by atoms with Gasteiger partial charge in [-0.2, -0.15) is 0 Å².